The van der Waals surface area contributed by atoms with E-state index in [0.717, 1.165) is 25.1 Å². The van der Waals surface area contributed by atoms with E-state index in [1.807, 2.05) is 14.1 Å². The lowest BCUT2D eigenvalue weighted by Crippen LogP contribution is -2.21. The zero-order valence-electron chi connectivity index (χ0n) is 12.9. The summed E-state index contributed by atoms with van der Waals surface area (Å²) < 4.78 is 12.8. The molecule has 22 heavy (non-hydrogen) atoms. The average Bonchev–Trinajstić information content (AvgIpc) is 2.49. The first kappa shape index (κ1) is 16.1. The Morgan fingerprint density at radius 3 is 2.59 bits per heavy atom. The molecule has 7 heteroatoms. The van der Waals surface area contributed by atoms with Gasteiger partial charge in [-0.05, 0) is 38.2 Å². The maximum Gasteiger partial charge on any atom is 0.244 e. The van der Waals surface area contributed by atoms with Crippen molar-refractivity contribution in [2.45, 2.75) is 6.42 Å². The van der Waals surface area contributed by atoms with Gasteiger partial charge in [-0.3, -0.25) is 0 Å². The molecule has 0 saturated heterocycles. The van der Waals surface area contributed by atoms with Gasteiger partial charge in [0.25, 0.3) is 0 Å². The van der Waals surface area contributed by atoms with E-state index in [0.29, 0.717) is 18.3 Å². The Balaban J connectivity index is 1.78. The number of nitrogens with zero attached hydrogens (tertiary/aromatic N) is 4. The number of rotatable bonds is 8. The molecule has 0 spiro atoms. The Kier molecular flexibility index (Phi) is 6.02. The number of aromatic nitrogens is 3. The second-order valence-electron chi connectivity index (χ2n) is 5.20. The van der Waals surface area contributed by atoms with Gasteiger partial charge in [-0.1, -0.05) is 12.1 Å². The van der Waals surface area contributed by atoms with Crippen molar-refractivity contribution in [2.75, 3.05) is 44.4 Å². The first-order valence-corrected chi connectivity index (χ1v) is 7.20. The van der Waals surface area contributed by atoms with Crippen LogP contribution in [0.1, 0.15) is 5.56 Å². The SMILES string of the molecule is CN(C)CCNc1nncc(NCCc2ccc(F)cc2)n1. The molecular weight excluding hydrogens is 283 g/mol. The van der Waals surface area contributed by atoms with Crippen LogP contribution in [-0.2, 0) is 6.42 Å². The van der Waals surface area contributed by atoms with E-state index >= 15 is 0 Å². The highest BCUT2D eigenvalue weighted by atomic mass is 19.1. The van der Waals surface area contributed by atoms with Crippen LogP contribution in [0.5, 0.6) is 0 Å². The fourth-order valence-electron chi connectivity index (χ4n) is 1.84. The molecule has 1 aromatic carbocycles. The maximum atomic E-state index is 12.8. The van der Waals surface area contributed by atoms with Crippen LogP contribution >= 0.6 is 0 Å². The van der Waals surface area contributed by atoms with E-state index in [-0.39, 0.29) is 5.82 Å². The molecule has 0 aliphatic rings. The minimum Gasteiger partial charge on any atom is -0.368 e. The molecule has 0 atom stereocenters. The molecule has 1 aromatic heterocycles. The summed E-state index contributed by atoms with van der Waals surface area (Å²) in [7, 11) is 4.02. The van der Waals surface area contributed by atoms with Crippen LogP contribution in [0.15, 0.2) is 30.5 Å². The second kappa shape index (κ2) is 8.23. The first-order chi connectivity index (χ1) is 10.6. The summed E-state index contributed by atoms with van der Waals surface area (Å²) in [5.74, 6) is 0.961. The third-order valence-electron chi connectivity index (χ3n) is 3.03. The van der Waals surface area contributed by atoms with Crippen LogP contribution < -0.4 is 10.6 Å². The molecule has 2 N–H and O–H groups in total. The van der Waals surface area contributed by atoms with Gasteiger partial charge in [-0.2, -0.15) is 10.1 Å². The molecule has 1 heterocycles. The van der Waals surface area contributed by atoms with Gasteiger partial charge >= 0.3 is 0 Å². The number of likely N-dealkylation sites (N-methyl/N-ethyl adjacent to an activating group) is 1. The Labute approximate surface area is 129 Å². The van der Waals surface area contributed by atoms with Crippen LogP contribution in [0.2, 0.25) is 0 Å². The fraction of sp³-hybridized carbons (Fsp3) is 0.400. The predicted molar refractivity (Wildman–Crippen MR) is 85.5 cm³/mol. The standard InChI is InChI=1S/C15H21FN6/c1-22(2)10-9-18-15-20-14(11-19-21-15)17-8-7-12-3-5-13(16)6-4-12/h3-6,11H,7-10H2,1-2H3,(H2,17,18,20,21). The van der Waals surface area contributed by atoms with Crippen molar-refractivity contribution in [1.29, 1.82) is 0 Å². The number of hydrogen-bond acceptors (Lipinski definition) is 6. The van der Waals surface area contributed by atoms with Crippen LogP contribution in [0.4, 0.5) is 16.2 Å². The molecule has 0 amide bonds. The van der Waals surface area contributed by atoms with Gasteiger partial charge in [-0.15, -0.1) is 5.10 Å². The molecule has 0 bridgehead atoms. The van der Waals surface area contributed by atoms with Gasteiger partial charge in [0.05, 0.1) is 6.20 Å². The van der Waals surface area contributed by atoms with E-state index in [2.05, 4.69) is 30.7 Å². The van der Waals surface area contributed by atoms with Crippen molar-refractivity contribution in [3.05, 3.63) is 41.8 Å². The molecule has 0 unspecified atom stereocenters. The highest BCUT2D eigenvalue weighted by Crippen LogP contribution is 2.06. The smallest absolute Gasteiger partial charge is 0.244 e. The average molecular weight is 304 g/mol. The maximum absolute atomic E-state index is 12.8. The first-order valence-electron chi connectivity index (χ1n) is 7.20. The molecule has 0 aliphatic heterocycles. The predicted octanol–water partition coefficient (Wildman–Crippen LogP) is 1.64. The highest BCUT2D eigenvalue weighted by molar-refractivity contribution is 5.37. The van der Waals surface area contributed by atoms with Crippen LogP contribution in [0, 0.1) is 5.82 Å². The number of anilines is 2. The van der Waals surface area contributed by atoms with E-state index in [1.54, 1.807) is 18.3 Å². The van der Waals surface area contributed by atoms with E-state index in [9.17, 15) is 4.39 Å². The van der Waals surface area contributed by atoms with Crippen molar-refractivity contribution in [3.8, 4) is 0 Å². The number of nitrogens with one attached hydrogen (secondary N) is 2. The van der Waals surface area contributed by atoms with Gasteiger partial charge in [0, 0.05) is 19.6 Å². The lowest BCUT2D eigenvalue weighted by molar-refractivity contribution is 0.425. The van der Waals surface area contributed by atoms with E-state index in [1.165, 1.54) is 12.1 Å². The van der Waals surface area contributed by atoms with Gasteiger partial charge in [0.1, 0.15) is 5.82 Å². The van der Waals surface area contributed by atoms with Gasteiger partial charge in [0.15, 0.2) is 5.82 Å². The Morgan fingerprint density at radius 1 is 1.09 bits per heavy atom. The summed E-state index contributed by atoms with van der Waals surface area (Å²) >= 11 is 0. The molecule has 2 aromatic rings. The molecule has 0 aliphatic carbocycles. The van der Waals surface area contributed by atoms with Crippen molar-refractivity contribution in [3.63, 3.8) is 0 Å². The Bertz CT molecular complexity index is 573. The molecule has 0 fully saturated rings. The molecule has 0 radical (unpaired) electrons. The van der Waals surface area contributed by atoms with Crippen molar-refractivity contribution < 1.29 is 4.39 Å². The van der Waals surface area contributed by atoms with Crippen LogP contribution in [0.3, 0.4) is 0 Å². The number of halogens is 1. The quantitative estimate of drug-likeness (QED) is 0.773. The third kappa shape index (κ3) is 5.61. The summed E-state index contributed by atoms with van der Waals surface area (Å²) in [4.78, 5) is 6.42. The number of hydrogen-bond donors (Lipinski definition) is 2. The minimum absolute atomic E-state index is 0.217. The van der Waals surface area contributed by atoms with Gasteiger partial charge < -0.3 is 15.5 Å². The Morgan fingerprint density at radius 2 is 1.86 bits per heavy atom. The topological polar surface area (TPSA) is 66.0 Å². The fourth-order valence-corrected chi connectivity index (χ4v) is 1.84. The summed E-state index contributed by atoms with van der Waals surface area (Å²) in [5.41, 5.74) is 1.07. The summed E-state index contributed by atoms with van der Waals surface area (Å²) in [6.45, 7) is 2.35. The summed E-state index contributed by atoms with van der Waals surface area (Å²) in [6.07, 6.45) is 2.37. The zero-order valence-corrected chi connectivity index (χ0v) is 12.9. The Hall–Kier alpha value is -2.28. The molecule has 0 saturated carbocycles. The largest absolute Gasteiger partial charge is 0.368 e. The third-order valence-corrected chi connectivity index (χ3v) is 3.03. The van der Waals surface area contributed by atoms with Gasteiger partial charge in [-0.25, -0.2) is 4.39 Å². The molecule has 6 nitrogen and oxygen atoms in total. The van der Waals surface area contributed by atoms with Crippen LogP contribution in [-0.4, -0.2) is 53.8 Å². The lowest BCUT2D eigenvalue weighted by atomic mass is 10.1. The lowest BCUT2D eigenvalue weighted by Gasteiger charge is -2.10. The molecule has 2 rings (SSSR count). The molecule has 118 valence electrons. The van der Waals surface area contributed by atoms with Crippen molar-refractivity contribution in [1.82, 2.24) is 20.1 Å². The van der Waals surface area contributed by atoms with Crippen LogP contribution in [0.25, 0.3) is 0 Å². The zero-order chi connectivity index (χ0) is 15.8. The van der Waals surface area contributed by atoms with Gasteiger partial charge in [0.2, 0.25) is 5.95 Å². The van der Waals surface area contributed by atoms with E-state index < -0.39 is 0 Å². The summed E-state index contributed by atoms with van der Waals surface area (Å²) in [5, 5.41) is 14.2. The second-order valence-corrected chi connectivity index (χ2v) is 5.20. The van der Waals surface area contributed by atoms with Crippen molar-refractivity contribution >= 4 is 11.8 Å². The monoisotopic (exact) mass is 304 g/mol. The normalized spacial score (nSPS) is 10.7. The summed E-state index contributed by atoms with van der Waals surface area (Å²) in [6, 6.07) is 6.50. The number of benzene rings is 1. The highest BCUT2D eigenvalue weighted by Gasteiger charge is 2.01. The minimum atomic E-state index is -0.217. The van der Waals surface area contributed by atoms with Crippen molar-refractivity contribution in [2.24, 2.45) is 0 Å². The molecular formula is C15H21FN6. The van der Waals surface area contributed by atoms with E-state index in [4.69, 9.17) is 0 Å².